The van der Waals surface area contributed by atoms with E-state index in [1.165, 1.54) is 6.26 Å². The maximum atomic E-state index is 13.8. The molecule has 0 spiro atoms. The largest absolute Gasteiger partial charge is 0.467 e. The lowest BCUT2D eigenvalue weighted by Crippen LogP contribution is -2.43. The Hall–Kier alpha value is -2.26. The number of hydrogen-bond donors (Lipinski definition) is 1. The molecule has 0 atom stereocenters. The molecule has 3 rings (SSSR count). The van der Waals surface area contributed by atoms with Crippen LogP contribution in [-0.4, -0.2) is 31.7 Å². The molecular formula is C17H18F2N2O4S. The van der Waals surface area contributed by atoms with E-state index in [1.54, 1.807) is 12.1 Å². The van der Waals surface area contributed by atoms with E-state index in [2.05, 4.69) is 5.32 Å². The van der Waals surface area contributed by atoms with Crippen molar-refractivity contribution < 1.29 is 26.4 Å². The van der Waals surface area contributed by atoms with Crippen molar-refractivity contribution in [3.63, 3.8) is 0 Å². The first-order valence-electron chi connectivity index (χ1n) is 8.13. The Balaban J connectivity index is 1.60. The van der Waals surface area contributed by atoms with Crippen LogP contribution in [0.3, 0.4) is 0 Å². The lowest BCUT2D eigenvalue weighted by molar-refractivity contribution is -0.126. The number of nitrogens with zero attached hydrogens (tertiary/aromatic N) is 1. The Morgan fingerprint density at radius 2 is 1.96 bits per heavy atom. The fourth-order valence-electron chi connectivity index (χ4n) is 2.90. The summed E-state index contributed by atoms with van der Waals surface area (Å²) in [6.45, 7) is 0.396. The van der Waals surface area contributed by atoms with Gasteiger partial charge in [0.25, 0.3) is 0 Å². The van der Waals surface area contributed by atoms with Crippen LogP contribution >= 0.6 is 0 Å². The Labute approximate surface area is 149 Å². The van der Waals surface area contributed by atoms with Crippen LogP contribution in [0.5, 0.6) is 0 Å². The minimum atomic E-state index is -4.14. The molecule has 1 fully saturated rings. The predicted octanol–water partition coefficient (Wildman–Crippen LogP) is 2.27. The lowest BCUT2D eigenvalue weighted by atomic mass is 9.97. The normalized spacial score (nSPS) is 16.5. The van der Waals surface area contributed by atoms with Gasteiger partial charge in [0.2, 0.25) is 15.9 Å². The van der Waals surface area contributed by atoms with Crippen molar-refractivity contribution in [2.45, 2.75) is 24.3 Å². The number of rotatable bonds is 5. The van der Waals surface area contributed by atoms with Crippen molar-refractivity contribution in [2.24, 2.45) is 5.92 Å². The molecule has 26 heavy (non-hydrogen) atoms. The summed E-state index contributed by atoms with van der Waals surface area (Å²) >= 11 is 0. The fourth-order valence-corrected chi connectivity index (χ4v) is 4.45. The van der Waals surface area contributed by atoms with Gasteiger partial charge in [-0.3, -0.25) is 4.79 Å². The van der Waals surface area contributed by atoms with Crippen LogP contribution in [0, 0.1) is 17.6 Å². The number of furan rings is 1. The summed E-state index contributed by atoms with van der Waals surface area (Å²) in [5.41, 5.74) is 0. The molecule has 0 unspecified atom stereocenters. The van der Waals surface area contributed by atoms with Crippen LogP contribution in [0.2, 0.25) is 0 Å². The van der Waals surface area contributed by atoms with Crippen LogP contribution in [0.4, 0.5) is 8.78 Å². The van der Waals surface area contributed by atoms with Gasteiger partial charge in [-0.15, -0.1) is 0 Å². The molecule has 1 aromatic heterocycles. The van der Waals surface area contributed by atoms with Crippen LogP contribution in [-0.2, 0) is 21.4 Å². The number of benzene rings is 1. The quantitative estimate of drug-likeness (QED) is 0.858. The molecule has 0 saturated carbocycles. The summed E-state index contributed by atoms with van der Waals surface area (Å²) in [6, 6.07) is 5.78. The van der Waals surface area contributed by atoms with Crippen LogP contribution in [0.25, 0.3) is 0 Å². The molecule has 2 heterocycles. The van der Waals surface area contributed by atoms with Gasteiger partial charge in [-0.25, -0.2) is 17.2 Å². The second-order valence-corrected chi connectivity index (χ2v) is 7.96. The number of sulfonamides is 1. The molecule has 0 aliphatic carbocycles. The minimum absolute atomic E-state index is 0.0666. The third-order valence-electron chi connectivity index (χ3n) is 4.35. The van der Waals surface area contributed by atoms with Crippen molar-refractivity contribution in [1.82, 2.24) is 9.62 Å². The average molecular weight is 384 g/mol. The maximum Gasteiger partial charge on any atom is 0.246 e. The average Bonchev–Trinajstić information content (AvgIpc) is 3.15. The number of carbonyl (C=O) groups is 1. The second kappa shape index (κ2) is 7.55. The molecule has 9 heteroatoms. The van der Waals surface area contributed by atoms with Crippen molar-refractivity contribution in [3.8, 4) is 0 Å². The van der Waals surface area contributed by atoms with Gasteiger partial charge >= 0.3 is 0 Å². The Kier molecular flexibility index (Phi) is 5.38. The lowest BCUT2D eigenvalue weighted by Gasteiger charge is -2.30. The van der Waals surface area contributed by atoms with E-state index >= 15 is 0 Å². The number of nitrogens with one attached hydrogen (secondary N) is 1. The summed E-state index contributed by atoms with van der Waals surface area (Å²) < 4.78 is 58.4. The molecule has 0 radical (unpaired) electrons. The summed E-state index contributed by atoms with van der Waals surface area (Å²) in [5.74, 6) is -1.72. The van der Waals surface area contributed by atoms with Crippen molar-refractivity contribution in [3.05, 3.63) is 54.0 Å². The van der Waals surface area contributed by atoms with Crippen molar-refractivity contribution in [2.75, 3.05) is 13.1 Å². The van der Waals surface area contributed by atoms with Crippen LogP contribution in [0.15, 0.2) is 45.9 Å². The van der Waals surface area contributed by atoms with Gasteiger partial charge in [-0.2, -0.15) is 4.31 Å². The molecular weight excluding hydrogens is 366 g/mol. The molecule has 1 N–H and O–H groups in total. The first kappa shape index (κ1) is 18.5. The van der Waals surface area contributed by atoms with Gasteiger partial charge < -0.3 is 9.73 Å². The van der Waals surface area contributed by atoms with Gasteiger partial charge in [-0.1, -0.05) is 0 Å². The summed E-state index contributed by atoms with van der Waals surface area (Å²) in [5, 5.41) is 2.75. The first-order chi connectivity index (χ1) is 12.4. The minimum Gasteiger partial charge on any atom is -0.467 e. The van der Waals surface area contributed by atoms with E-state index in [0.717, 1.165) is 16.4 Å². The Morgan fingerprint density at radius 1 is 1.23 bits per heavy atom. The van der Waals surface area contributed by atoms with Gasteiger partial charge in [0.05, 0.1) is 12.8 Å². The smallest absolute Gasteiger partial charge is 0.246 e. The zero-order chi connectivity index (χ0) is 18.7. The first-order valence-corrected chi connectivity index (χ1v) is 9.57. The second-order valence-electron chi connectivity index (χ2n) is 6.05. The van der Waals surface area contributed by atoms with Gasteiger partial charge in [-0.05, 0) is 43.2 Å². The number of amides is 1. The molecule has 1 aliphatic rings. The summed E-state index contributed by atoms with van der Waals surface area (Å²) in [6.07, 6.45) is 2.12. The van der Waals surface area contributed by atoms with Gasteiger partial charge in [0.15, 0.2) is 0 Å². The standard InChI is InChI=1S/C17H18F2N2O4S/c18-13-3-4-15(19)16(10-13)26(23,24)21-7-5-12(6-8-21)17(22)20-11-14-2-1-9-25-14/h1-4,9-10,12H,5-8,11H2,(H,20,22). The molecule has 2 aromatic rings. The zero-order valence-electron chi connectivity index (χ0n) is 13.8. The fraction of sp³-hybridized carbons (Fsp3) is 0.353. The Bertz CT molecular complexity index is 876. The van der Waals surface area contributed by atoms with Crippen LogP contribution in [0.1, 0.15) is 18.6 Å². The molecule has 0 bridgehead atoms. The van der Waals surface area contributed by atoms with E-state index in [9.17, 15) is 22.0 Å². The van der Waals surface area contributed by atoms with Crippen molar-refractivity contribution >= 4 is 15.9 Å². The summed E-state index contributed by atoms with van der Waals surface area (Å²) in [4.78, 5) is 11.5. The highest BCUT2D eigenvalue weighted by Gasteiger charge is 2.33. The molecule has 1 amide bonds. The number of piperidine rings is 1. The summed E-state index contributed by atoms with van der Waals surface area (Å²) in [7, 11) is -4.14. The van der Waals surface area contributed by atoms with Gasteiger partial charge in [0, 0.05) is 19.0 Å². The molecule has 1 aliphatic heterocycles. The maximum absolute atomic E-state index is 13.8. The van der Waals surface area contributed by atoms with Crippen LogP contribution < -0.4 is 5.32 Å². The number of halogens is 2. The number of hydrogen-bond acceptors (Lipinski definition) is 4. The van der Waals surface area contributed by atoms with E-state index in [4.69, 9.17) is 4.42 Å². The Morgan fingerprint density at radius 3 is 2.62 bits per heavy atom. The monoisotopic (exact) mass is 384 g/mol. The molecule has 1 aromatic carbocycles. The highest BCUT2D eigenvalue weighted by atomic mass is 32.2. The van der Waals surface area contributed by atoms with E-state index < -0.39 is 26.6 Å². The highest BCUT2D eigenvalue weighted by Crippen LogP contribution is 2.26. The zero-order valence-corrected chi connectivity index (χ0v) is 14.6. The topological polar surface area (TPSA) is 79.6 Å². The van der Waals surface area contributed by atoms with E-state index in [0.29, 0.717) is 24.7 Å². The molecule has 6 nitrogen and oxygen atoms in total. The van der Waals surface area contributed by atoms with E-state index in [1.807, 2.05) is 0 Å². The predicted molar refractivity (Wildman–Crippen MR) is 88.4 cm³/mol. The van der Waals surface area contributed by atoms with E-state index in [-0.39, 0.29) is 31.5 Å². The number of carbonyl (C=O) groups excluding carboxylic acids is 1. The third kappa shape index (κ3) is 3.94. The molecule has 140 valence electrons. The highest BCUT2D eigenvalue weighted by molar-refractivity contribution is 7.89. The third-order valence-corrected chi connectivity index (χ3v) is 6.27. The van der Waals surface area contributed by atoms with Crippen molar-refractivity contribution in [1.29, 1.82) is 0 Å². The van der Waals surface area contributed by atoms with Gasteiger partial charge in [0.1, 0.15) is 22.3 Å². The SMILES string of the molecule is O=C(NCc1ccco1)C1CCN(S(=O)(=O)c2cc(F)ccc2F)CC1. The molecule has 1 saturated heterocycles.